The number of aromatic nitrogens is 2. The lowest BCUT2D eigenvalue weighted by Crippen LogP contribution is -2.51. The Labute approximate surface area is 163 Å². The maximum absolute atomic E-state index is 12.9. The van der Waals surface area contributed by atoms with Gasteiger partial charge in [-0.05, 0) is 37.0 Å². The van der Waals surface area contributed by atoms with E-state index in [0.29, 0.717) is 32.0 Å². The molecule has 2 aromatic rings. The molecular weight excluding hydrogens is 362 g/mol. The number of para-hydroxylation sites is 2. The number of urea groups is 1. The van der Waals surface area contributed by atoms with E-state index in [9.17, 15) is 9.59 Å². The van der Waals surface area contributed by atoms with Crippen LogP contribution in [0.15, 0.2) is 24.3 Å². The Morgan fingerprint density at radius 2 is 2.11 bits per heavy atom. The quantitative estimate of drug-likeness (QED) is 0.680. The van der Waals surface area contributed by atoms with Crippen LogP contribution >= 0.6 is 11.8 Å². The average molecular weight is 390 g/mol. The van der Waals surface area contributed by atoms with Crippen LogP contribution in [0.3, 0.4) is 0 Å². The Morgan fingerprint density at radius 3 is 2.89 bits per heavy atom. The Balaban J connectivity index is 1.70. The zero-order valence-electron chi connectivity index (χ0n) is 15.9. The molecule has 1 aromatic carbocycles. The predicted molar refractivity (Wildman–Crippen MR) is 110 cm³/mol. The van der Waals surface area contributed by atoms with E-state index in [4.69, 9.17) is 0 Å². The second kappa shape index (κ2) is 9.12. The standard InChI is InChI=1S/C19H27N5O2S/c1-3-4-10-20-17(25)15(9-13-27-2)22-19(26)24-12-11-23-16-8-6-5-7-14(16)21-18(23)24/h5-8,15H,3-4,9-13H2,1-2H3,(H,20,25)(H,22,26)/t15-/m0/s1. The maximum atomic E-state index is 12.9. The number of rotatable bonds is 8. The number of anilines is 1. The van der Waals surface area contributed by atoms with Crippen molar-refractivity contribution in [2.75, 3.05) is 30.0 Å². The molecule has 1 aromatic heterocycles. The van der Waals surface area contributed by atoms with Gasteiger partial charge < -0.3 is 15.2 Å². The number of hydrogen-bond acceptors (Lipinski definition) is 4. The van der Waals surface area contributed by atoms with Crippen molar-refractivity contribution in [3.63, 3.8) is 0 Å². The van der Waals surface area contributed by atoms with Crippen molar-refractivity contribution in [2.45, 2.75) is 38.8 Å². The van der Waals surface area contributed by atoms with E-state index in [1.54, 1.807) is 16.7 Å². The van der Waals surface area contributed by atoms with Crippen molar-refractivity contribution < 1.29 is 9.59 Å². The number of hydrogen-bond donors (Lipinski definition) is 2. The van der Waals surface area contributed by atoms with Crippen LogP contribution in [-0.4, -0.2) is 52.6 Å². The lowest BCUT2D eigenvalue weighted by atomic mass is 10.2. The summed E-state index contributed by atoms with van der Waals surface area (Å²) in [6.07, 6.45) is 4.56. The number of fused-ring (bicyclic) bond motifs is 3. The maximum Gasteiger partial charge on any atom is 0.324 e. The van der Waals surface area contributed by atoms with Gasteiger partial charge in [0.1, 0.15) is 6.04 Å². The molecule has 0 saturated heterocycles. The summed E-state index contributed by atoms with van der Waals surface area (Å²) in [5.41, 5.74) is 1.90. The summed E-state index contributed by atoms with van der Waals surface area (Å²) in [4.78, 5) is 31.6. The summed E-state index contributed by atoms with van der Waals surface area (Å²) >= 11 is 1.67. The van der Waals surface area contributed by atoms with Crippen LogP contribution in [0.5, 0.6) is 0 Å². The number of thioether (sulfide) groups is 1. The van der Waals surface area contributed by atoms with Gasteiger partial charge in [0.25, 0.3) is 0 Å². The molecule has 1 aliphatic heterocycles. The molecule has 0 unspecified atom stereocenters. The highest BCUT2D eigenvalue weighted by atomic mass is 32.2. The van der Waals surface area contributed by atoms with Gasteiger partial charge in [-0.25, -0.2) is 9.78 Å². The molecular formula is C19H27N5O2S. The number of unbranched alkanes of at least 4 members (excludes halogenated alkanes) is 1. The van der Waals surface area contributed by atoms with Crippen molar-refractivity contribution in [3.05, 3.63) is 24.3 Å². The fourth-order valence-corrected chi connectivity index (χ4v) is 3.70. The molecule has 1 aliphatic rings. The highest BCUT2D eigenvalue weighted by Gasteiger charge is 2.30. The van der Waals surface area contributed by atoms with E-state index < -0.39 is 6.04 Å². The van der Waals surface area contributed by atoms with E-state index in [1.165, 1.54) is 0 Å². The topological polar surface area (TPSA) is 79.3 Å². The summed E-state index contributed by atoms with van der Waals surface area (Å²) in [6, 6.07) is 7.07. The van der Waals surface area contributed by atoms with Gasteiger partial charge in [0.2, 0.25) is 11.9 Å². The van der Waals surface area contributed by atoms with Gasteiger partial charge >= 0.3 is 6.03 Å². The van der Waals surface area contributed by atoms with E-state index in [1.807, 2.05) is 35.1 Å². The van der Waals surface area contributed by atoms with Crippen LogP contribution in [0.2, 0.25) is 0 Å². The number of amides is 3. The largest absolute Gasteiger partial charge is 0.354 e. The first-order chi connectivity index (χ1) is 13.2. The second-order valence-corrected chi connectivity index (χ2v) is 7.62. The molecule has 146 valence electrons. The van der Waals surface area contributed by atoms with E-state index in [-0.39, 0.29) is 11.9 Å². The first-order valence-corrected chi connectivity index (χ1v) is 10.8. The first-order valence-electron chi connectivity index (χ1n) is 9.45. The minimum Gasteiger partial charge on any atom is -0.354 e. The molecule has 3 amide bonds. The van der Waals surface area contributed by atoms with Crippen LogP contribution < -0.4 is 15.5 Å². The molecule has 0 spiro atoms. The molecule has 1 atom stereocenters. The number of carbonyl (C=O) groups is 2. The highest BCUT2D eigenvalue weighted by molar-refractivity contribution is 7.98. The fourth-order valence-electron chi connectivity index (χ4n) is 3.22. The van der Waals surface area contributed by atoms with Crippen LogP contribution in [0.4, 0.5) is 10.7 Å². The van der Waals surface area contributed by atoms with E-state index >= 15 is 0 Å². The Kier molecular flexibility index (Phi) is 6.60. The van der Waals surface area contributed by atoms with Gasteiger partial charge in [-0.2, -0.15) is 11.8 Å². The molecule has 27 heavy (non-hydrogen) atoms. The lowest BCUT2D eigenvalue weighted by Gasteiger charge is -2.22. The summed E-state index contributed by atoms with van der Waals surface area (Å²) in [6.45, 7) is 3.99. The highest BCUT2D eigenvalue weighted by Crippen LogP contribution is 2.27. The molecule has 3 rings (SSSR count). The van der Waals surface area contributed by atoms with Crippen LogP contribution in [0.1, 0.15) is 26.2 Å². The molecule has 0 fully saturated rings. The van der Waals surface area contributed by atoms with E-state index in [0.717, 1.165) is 29.6 Å². The number of carbonyl (C=O) groups excluding carboxylic acids is 2. The third-order valence-electron chi connectivity index (χ3n) is 4.72. The zero-order valence-corrected chi connectivity index (χ0v) is 16.7. The molecule has 2 heterocycles. The smallest absolute Gasteiger partial charge is 0.324 e. The molecule has 8 heteroatoms. The minimum absolute atomic E-state index is 0.112. The third-order valence-corrected chi connectivity index (χ3v) is 5.37. The second-order valence-electron chi connectivity index (χ2n) is 6.63. The van der Waals surface area contributed by atoms with Crippen LogP contribution in [0.25, 0.3) is 11.0 Å². The fraction of sp³-hybridized carbons (Fsp3) is 0.526. The number of imidazole rings is 1. The molecule has 0 aliphatic carbocycles. The molecule has 0 saturated carbocycles. The predicted octanol–water partition coefficient (Wildman–Crippen LogP) is 2.60. The number of nitrogens with one attached hydrogen (secondary N) is 2. The zero-order chi connectivity index (χ0) is 19.2. The van der Waals surface area contributed by atoms with Crippen molar-refractivity contribution in [3.8, 4) is 0 Å². The third kappa shape index (κ3) is 4.37. The number of nitrogens with zero attached hydrogens (tertiary/aromatic N) is 3. The molecule has 0 radical (unpaired) electrons. The first kappa shape index (κ1) is 19.5. The van der Waals surface area contributed by atoms with Crippen molar-refractivity contribution >= 4 is 40.7 Å². The summed E-state index contributed by atoms with van der Waals surface area (Å²) in [5.74, 6) is 1.34. The normalized spacial score (nSPS) is 14.2. The van der Waals surface area contributed by atoms with Gasteiger partial charge in [-0.3, -0.25) is 9.69 Å². The Hall–Kier alpha value is -2.22. The van der Waals surface area contributed by atoms with Gasteiger partial charge in [0.05, 0.1) is 11.0 Å². The lowest BCUT2D eigenvalue weighted by molar-refractivity contribution is -0.122. The van der Waals surface area contributed by atoms with E-state index in [2.05, 4.69) is 22.5 Å². The summed E-state index contributed by atoms with van der Waals surface area (Å²) in [7, 11) is 0. The van der Waals surface area contributed by atoms with Gasteiger partial charge in [0.15, 0.2) is 0 Å². The SMILES string of the molecule is CCCCNC(=O)[C@H](CCSC)NC(=O)N1CCn2c1nc1ccccc12. The van der Waals surface area contributed by atoms with Gasteiger partial charge in [0, 0.05) is 19.6 Å². The summed E-state index contributed by atoms with van der Waals surface area (Å²) in [5, 5.41) is 5.84. The molecule has 2 N–H and O–H groups in total. The van der Waals surface area contributed by atoms with Crippen molar-refractivity contribution in [1.29, 1.82) is 0 Å². The van der Waals surface area contributed by atoms with Gasteiger partial charge in [-0.1, -0.05) is 25.5 Å². The van der Waals surface area contributed by atoms with Crippen LogP contribution in [0, 0.1) is 0 Å². The summed E-state index contributed by atoms with van der Waals surface area (Å²) < 4.78 is 2.05. The number of benzene rings is 1. The van der Waals surface area contributed by atoms with Gasteiger partial charge in [-0.15, -0.1) is 0 Å². The Bertz CT molecular complexity index is 806. The Morgan fingerprint density at radius 1 is 1.30 bits per heavy atom. The molecule has 0 bridgehead atoms. The minimum atomic E-state index is -0.528. The monoisotopic (exact) mass is 389 g/mol. The van der Waals surface area contributed by atoms with Crippen LogP contribution in [-0.2, 0) is 11.3 Å². The molecule has 7 nitrogen and oxygen atoms in total. The van der Waals surface area contributed by atoms with Crippen molar-refractivity contribution in [2.24, 2.45) is 0 Å². The van der Waals surface area contributed by atoms with Crippen molar-refractivity contribution in [1.82, 2.24) is 20.2 Å². The average Bonchev–Trinajstić information content (AvgIpc) is 3.24.